The molecule has 1 N–H and O–H groups in total. The molecule has 136 valence electrons. The Morgan fingerprint density at radius 3 is 2.36 bits per heavy atom. The molecule has 2 rings (SSSR count). The molecule has 0 amide bonds. The molecule has 0 bridgehead atoms. The van der Waals surface area contributed by atoms with E-state index in [1.165, 1.54) is 5.56 Å². The van der Waals surface area contributed by atoms with E-state index < -0.39 is 0 Å². The number of para-hydroxylation sites is 1. The lowest BCUT2D eigenvalue weighted by Crippen LogP contribution is -2.23. The standard InChI is InChI=1S/C22H31NO2/c1-5-15-24-20-13-11-19(12-14-20)23-16-18(4)25-22-10-8-7-9-21(22)17(3)6-2/h7-14,17-18,23H,5-6,15-16H2,1-4H3. The van der Waals surface area contributed by atoms with Gasteiger partial charge in [-0.05, 0) is 61.6 Å². The molecule has 2 aromatic rings. The third kappa shape index (κ3) is 6.00. The summed E-state index contributed by atoms with van der Waals surface area (Å²) in [6.45, 7) is 10.2. The van der Waals surface area contributed by atoms with Gasteiger partial charge in [0, 0.05) is 5.69 Å². The van der Waals surface area contributed by atoms with Crippen LogP contribution in [0, 0.1) is 0 Å². The highest BCUT2D eigenvalue weighted by Crippen LogP contribution is 2.29. The van der Waals surface area contributed by atoms with E-state index in [1.807, 2.05) is 30.3 Å². The van der Waals surface area contributed by atoms with E-state index in [9.17, 15) is 0 Å². The minimum absolute atomic E-state index is 0.0845. The van der Waals surface area contributed by atoms with E-state index in [-0.39, 0.29) is 6.10 Å². The molecule has 25 heavy (non-hydrogen) atoms. The summed E-state index contributed by atoms with van der Waals surface area (Å²) in [5.74, 6) is 2.42. The first-order valence-corrected chi connectivity index (χ1v) is 9.36. The molecule has 2 aromatic carbocycles. The van der Waals surface area contributed by atoms with E-state index in [0.717, 1.165) is 43.2 Å². The van der Waals surface area contributed by atoms with Gasteiger partial charge in [0.05, 0.1) is 13.2 Å². The topological polar surface area (TPSA) is 30.5 Å². The van der Waals surface area contributed by atoms with Crippen LogP contribution in [0.25, 0.3) is 0 Å². The highest BCUT2D eigenvalue weighted by atomic mass is 16.5. The van der Waals surface area contributed by atoms with Crippen molar-refractivity contribution in [1.82, 2.24) is 0 Å². The van der Waals surface area contributed by atoms with Crippen LogP contribution in [0.2, 0.25) is 0 Å². The zero-order chi connectivity index (χ0) is 18.1. The maximum absolute atomic E-state index is 6.18. The molecule has 0 aliphatic heterocycles. The molecular weight excluding hydrogens is 310 g/mol. The van der Waals surface area contributed by atoms with E-state index in [4.69, 9.17) is 9.47 Å². The molecule has 0 spiro atoms. The molecule has 0 saturated carbocycles. The van der Waals surface area contributed by atoms with Crippen LogP contribution < -0.4 is 14.8 Å². The van der Waals surface area contributed by atoms with Gasteiger partial charge in [0.15, 0.2) is 0 Å². The molecule has 3 heteroatoms. The first kappa shape index (κ1) is 19.2. The Morgan fingerprint density at radius 1 is 0.960 bits per heavy atom. The number of anilines is 1. The lowest BCUT2D eigenvalue weighted by molar-refractivity contribution is 0.231. The third-order valence-electron chi connectivity index (χ3n) is 4.31. The van der Waals surface area contributed by atoms with E-state index in [2.05, 4.69) is 51.2 Å². The van der Waals surface area contributed by atoms with Crippen molar-refractivity contribution in [3.63, 3.8) is 0 Å². The quantitative estimate of drug-likeness (QED) is 0.586. The van der Waals surface area contributed by atoms with Crippen molar-refractivity contribution in [2.45, 2.75) is 52.6 Å². The smallest absolute Gasteiger partial charge is 0.123 e. The van der Waals surface area contributed by atoms with Gasteiger partial charge in [-0.25, -0.2) is 0 Å². The van der Waals surface area contributed by atoms with Gasteiger partial charge >= 0.3 is 0 Å². The van der Waals surface area contributed by atoms with Crippen LogP contribution >= 0.6 is 0 Å². The number of ether oxygens (including phenoxy) is 2. The molecule has 2 atom stereocenters. The van der Waals surface area contributed by atoms with Crippen LogP contribution in [0.3, 0.4) is 0 Å². The molecule has 0 aliphatic carbocycles. The maximum Gasteiger partial charge on any atom is 0.123 e. The van der Waals surface area contributed by atoms with Crippen molar-refractivity contribution in [2.75, 3.05) is 18.5 Å². The SMILES string of the molecule is CCCOc1ccc(NCC(C)Oc2ccccc2C(C)CC)cc1. The fraction of sp³-hybridized carbons (Fsp3) is 0.455. The van der Waals surface area contributed by atoms with Gasteiger partial charge in [0.2, 0.25) is 0 Å². The fourth-order valence-corrected chi connectivity index (χ4v) is 2.62. The van der Waals surface area contributed by atoms with Gasteiger partial charge in [-0.3, -0.25) is 0 Å². The third-order valence-corrected chi connectivity index (χ3v) is 4.31. The van der Waals surface area contributed by atoms with Crippen LogP contribution in [-0.4, -0.2) is 19.3 Å². The number of hydrogen-bond donors (Lipinski definition) is 1. The largest absolute Gasteiger partial charge is 0.494 e. The molecule has 2 unspecified atom stereocenters. The summed E-state index contributed by atoms with van der Waals surface area (Å²) in [5.41, 5.74) is 2.36. The van der Waals surface area contributed by atoms with Gasteiger partial charge in [-0.1, -0.05) is 39.0 Å². The molecule has 0 radical (unpaired) electrons. The van der Waals surface area contributed by atoms with Crippen LogP contribution in [0.5, 0.6) is 11.5 Å². The predicted octanol–water partition coefficient (Wildman–Crippen LogP) is 5.87. The predicted molar refractivity (Wildman–Crippen MR) is 106 cm³/mol. The van der Waals surface area contributed by atoms with Crippen molar-refractivity contribution < 1.29 is 9.47 Å². The summed E-state index contributed by atoms with van der Waals surface area (Å²) in [7, 11) is 0. The highest BCUT2D eigenvalue weighted by Gasteiger charge is 2.12. The van der Waals surface area contributed by atoms with E-state index >= 15 is 0 Å². The number of benzene rings is 2. The summed E-state index contributed by atoms with van der Waals surface area (Å²) in [6.07, 6.45) is 2.22. The van der Waals surface area contributed by atoms with Crippen LogP contribution in [0.15, 0.2) is 48.5 Å². The Morgan fingerprint density at radius 2 is 1.68 bits per heavy atom. The maximum atomic E-state index is 6.18. The average molecular weight is 341 g/mol. The monoisotopic (exact) mass is 341 g/mol. The Balaban J connectivity index is 1.87. The zero-order valence-corrected chi connectivity index (χ0v) is 15.9. The van der Waals surface area contributed by atoms with Crippen molar-refractivity contribution in [2.24, 2.45) is 0 Å². The number of nitrogens with one attached hydrogen (secondary N) is 1. The number of rotatable bonds is 10. The zero-order valence-electron chi connectivity index (χ0n) is 15.9. The molecule has 0 saturated heterocycles. The van der Waals surface area contributed by atoms with Crippen molar-refractivity contribution in [1.29, 1.82) is 0 Å². The van der Waals surface area contributed by atoms with E-state index in [1.54, 1.807) is 0 Å². The summed E-state index contributed by atoms with van der Waals surface area (Å²) in [4.78, 5) is 0. The highest BCUT2D eigenvalue weighted by molar-refractivity contribution is 5.46. The van der Waals surface area contributed by atoms with Gasteiger partial charge in [-0.15, -0.1) is 0 Å². The van der Waals surface area contributed by atoms with Crippen molar-refractivity contribution in [3.05, 3.63) is 54.1 Å². The average Bonchev–Trinajstić information content (AvgIpc) is 2.65. The summed E-state index contributed by atoms with van der Waals surface area (Å²) < 4.78 is 11.8. The van der Waals surface area contributed by atoms with Crippen molar-refractivity contribution in [3.8, 4) is 11.5 Å². The lowest BCUT2D eigenvalue weighted by Gasteiger charge is -2.20. The van der Waals surface area contributed by atoms with Crippen molar-refractivity contribution >= 4 is 5.69 Å². The van der Waals surface area contributed by atoms with Crippen LogP contribution in [0.1, 0.15) is 52.0 Å². The first-order valence-electron chi connectivity index (χ1n) is 9.36. The summed E-state index contributed by atoms with van der Waals surface area (Å²) in [5, 5.41) is 3.43. The Kier molecular flexibility index (Phi) is 7.65. The van der Waals surface area contributed by atoms with Gasteiger partial charge in [-0.2, -0.15) is 0 Å². The second-order valence-corrected chi connectivity index (χ2v) is 6.53. The van der Waals surface area contributed by atoms with Gasteiger partial charge in [0.25, 0.3) is 0 Å². The summed E-state index contributed by atoms with van der Waals surface area (Å²) in [6, 6.07) is 16.4. The molecule has 0 heterocycles. The Bertz CT molecular complexity index is 624. The minimum Gasteiger partial charge on any atom is -0.494 e. The summed E-state index contributed by atoms with van der Waals surface area (Å²) >= 11 is 0. The number of hydrogen-bond acceptors (Lipinski definition) is 3. The van der Waals surface area contributed by atoms with Crippen LogP contribution in [-0.2, 0) is 0 Å². The normalized spacial score (nSPS) is 13.1. The second kappa shape index (κ2) is 9.97. The van der Waals surface area contributed by atoms with Crippen LogP contribution in [0.4, 0.5) is 5.69 Å². The second-order valence-electron chi connectivity index (χ2n) is 6.53. The fourth-order valence-electron chi connectivity index (χ4n) is 2.62. The Labute approximate surface area is 152 Å². The van der Waals surface area contributed by atoms with Gasteiger partial charge in [0.1, 0.15) is 17.6 Å². The lowest BCUT2D eigenvalue weighted by atomic mass is 9.98. The van der Waals surface area contributed by atoms with E-state index in [0.29, 0.717) is 5.92 Å². The van der Waals surface area contributed by atoms with Gasteiger partial charge < -0.3 is 14.8 Å². The molecule has 0 fully saturated rings. The molecule has 0 aromatic heterocycles. The first-order chi connectivity index (χ1) is 12.1. The Hall–Kier alpha value is -2.16. The minimum atomic E-state index is 0.0845. The molecular formula is C22H31NO2. The molecule has 3 nitrogen and oxygen atoms in total. The molecule has 0 aliphatic rings.